The van der Waals surface area contributed by atoms with Crippen LogP contribution in [0.25, 0.3) is 0 Å². The molecule has 1 aromatic carbocycles. The molecule has 1 atom stereocenters. The maximum atomic E-state index is 6.26. The van der Waals surface area contributed by atoms with Crippen molar-refractivity contribution in [2.24, 2.45) is 12.8 Å². The van der Waals surface area contributed by atoms with Gasteiger partial charge in [-0.1, -0.05) is 30.3 Å². The second-order valence-electron chi connectivity index (χ2n) is 5.26. The van der Waals surface area contributed by atoms with E-state index in [9.17, 15) is 0 Å². The minimum atomic E-state index is 0.196. The average molecular weight is 257 g/mol. The van der Waals surface area contributed by atoms with Gasteiger partial charge >= 0.3 is 0 Å². The van der Waals surface area contributed by atoms with E-state index in [4.69, 9.17) is 5.73 Å². The first kappa shape index (κ1) is 13.8. The van der Waals surface area contributed by atoms with Gasteiger partial charge in [-0.05, 0) is 44.2 Å². The minimum Gasteiger partial charge on any atom is -0.327 e. The van der Waals surface area contributed by atoms with Crippen molar-refractivity contribution in [2.45, 2.75) is 39.2 Å². The topological polar surface area (TPSA) is 43.8 Å². The van der Waals surface area contributed by atoms with Crippen LogP contribution in [0.15, 0.2) is 30.3 Å². The second-order valence-corrected chi connectivity index (χ2v) is 5.26. The van der Waals surface area contributed by atoms with Crippen LogP contribution in [0.1, 0.15) is 28.9 Å². The number of hydrogen-bond acceptors (Lipinski definition) is 2. The van der Waals surface area contributed by atoms with E-state index in [1.807, 2.05) is 17.8 Å². The maximum Gasteiger partial charge on any atom is 0.0628 e. The molecule has 0 aliphatic rings. The van der Waals surface area contributed by atoms with Crippen LogP contribution in [-0.4, -0.2) is 15.8 Å². The largest absolute Gasteiger partial charge is 0.327 e. The Morgan fingerprint density at radius 1 is 1.21 bits per heavy atom. The van der Waals surface area contributed by atoms with Crippen LogP contribution in [0.3, 0.4) is 0 Å². The van der Waals surface area contributed by atoms with Crippen molar-refractivity contribution < 1.29 is 0 Å². The van der Waals surface area contributed by atoms with Crippen molar-refractivity contribution in [1.29, 1.82) is 0 Å². The Hall–Kier alpha value is -1.61. The molecule has 0 saturated heterocycles. The highest BCUT2D eigenvalue weighted by atomic mass is 15.3. The van der Waals surface area contributed by atoms with Gasteiger partial charge in [0.1, 0.15) is 0 Å². The van der Waals surface area contributed by atoms with Crippen molar-refractivity contribution in [3.63, 3.8) is 0 Å². The van der Waals surface area contributed by atoms with E-state index >= 15 is 0 Å². The fourth-order valence-corrected chi connectivity index (χ4v) is 2.47. The van der Waals surface area contributed by atoms with Gasteiger partial charge in [-0.15, -0.1) is 0 Å². The number of nitrogens with two attached hydrogens (primary N) is 1. The Morgan fingerprint density at radius 3 is 2.47 bits per heavy atom. The molecule has 0 spiro atoms. The summed E-state index contributed by atoms with van der Waals surface area (Å²) in [5.74, 6) is 0. The van der Waals surface area contributed by atoms with Gasteiger partial charge in [-0.25, -0.2) is 0 Å². The molecular weight excluding hydrogens is 234 g/mol. The summed E-state index contributed by atoms with van der Waals surface area (Å²) >= 11 is 0. The summed E-state index contributed by atoms with van der Waals surface area (Å²) in [5.41, 5.74) is 11.3. The van der Waals surface area contributed by atoms with Gasteiger partial charge in [0.05, 0.1) is 5.69 Å². The first-order valence-corrected chi connectivity index (χ1v) is 6.86. The lowest BCUT2D eigenvalue weighted by atomic mass is 9.99. The predicted octanol–water partition coefficient (Wildman–Crippen LogP) is 2.54. The number of rotatable bonds is 5. The van der Waals surface area contributed by atoms with Crippen molar-refractivity contribution >= 4 is 0 Å². The summed E-state index contributed by atoms with van der Waals surface area (Å²) in [7, 11) is 1.99. The minimum absolute atomic E-state index is 0.196. The highest BCUT2D eigenvalue weighted by molar-refractivity contribution is 5.25. The number of benzene rings is 1. The molecular formula is C16H23N3. The van der Waals surface area contributed by atoms with Gasteiger partial charge in [0.15, 0.2) is 0 Å². The lowest BCUT2D eigenvalue weighted by molar-refractivity contribution is 0.607. The molecule has 0 bridgehead atoms. The molecule has 0 radical (unpaired) electrons. The van der Waals surface area contributed by atoms with Crippen LogP contribution in [0.2, 0.25) is 0 Å². The molecule has 1 unspecified atom stereocenters. The van der Waals surface area contributed by atoms with Crippen LogP contribution in [0.5, 0.6) is 0 Å². The summed E-state index contributed by atoms with van der Waals surface area (Å²) in [6.45, 7) is 4.17. The Balaban J connectivity index is 1.92. The zero-order valence-corrected chi connectivity index (χ0v) is 12.1. The molecule has 102 valence electrons. The Bertz CT molecular complexity index is 528. The third-order valence-corrected chi connectivity index (χ3v) is 3.77. The Kier molecular flexibility index (Phi) is 4.38. The molecule has 19 heavy (non-hydrogen) atoms. The number of aromatic nitrogens is 2. The quantitative estimate of drug-likeness (QED) is 0.894. The molecule has 0 fully saturated rings. The lowest BCUT2D eigenvalue weighted by Gasteiger charge is -2.12. The molecule has 2 rings (SSSR count). The van der Waals surface area contributed by atoms with Gasteiger partial charge in [-0.2, -0.15) is 5.10 Å². The molecule has 0 saturated carbocycles. The Morgan fingerprint density at radius 2 is 1.89 bits per heavy atom. The fourth-order valence-electron chi connectivity index (χ4n) is 2.47. The number of hydrogen-bond donors (Lipinski definition) is 1. The van der Waals surface area contributed by atoms with E-state index in [-0.39, 0.29) is 6.04 Å². The van der Waals surface area contributed by atoms with Crippen LogP contribution in [0.4, 0.5) is 0 Å². The highest BCUT2D eigenvalue weighted by Crippen LogP contribution is 2.15. The molecule has 3 heteroatoms. The zero-order valence-electron chi connectivity index (χ0n) is 12.1. The van der Waals surface area contributed by atoms with E-state index in [2.05, 4.69) is 43.2 Å². The molecule has 3 nitrogen and oxygen atoms in total. The third kappa shape index (κ3) is 3.44. The average Bonchev–Trinajstić information content (AvgIpc) is 2.64. The molecule has 0 amide bonds. The molecule has 2 N–H and O–H groups in total. The molecule has 2 aromatic rings. The number of aryl methyl sites for hydroxylation is 3. The van der Waals surface area contributed by atoms with Gasteiger partial charge in [-0.3, -0.25) is 4.68 Å². The van der Waals surface area contributed by atoms with Gasteiger partial charge in [0.25, 0.3) is 0 Å². The summed E-state index contributed by atoms with van der Waals surface area (Å²) in [6.07, 6.45) is 2.97. The first-order valence-electron chi connectivity index (χ1n) is 6.86. The maximum absolute atomic E-state index is 6.26. The predicted molar refractivity (Wildman–Crippen MR) is 79.1 cm³/mol. The van der Waals surface area contributed by atoms with E-state index in [1.165, 1.54) is 16.8 Å². The summed E-state index contributed by atoms with van der Waals surface area (Å²) in [4.78, 5) is 0. The van der Waals surface area contributed by atoms with E-state index in [0.717, 1.165) is 25.0 Å². The van der Waals surface area contributed by atoms with Gasteiger partial charge in [0.2, 0.25) is 0 Å². The summed E-state index contributed by atoms with van der Waals surface area (Å²) in [6, 6.07) is 10.7. The van der Waals surface area contributed by atoms with E-state index in [0.29, 0.717) is 0 Å². The standard InChI is InChI=1S/C16H23N3/c1-12-16(13(2)19(3)18-12)11-15(17)10-9-14-7-5-4-6-8-14/h4-8,15H,9-11,17H2,1-3H3. The van der Waals surface area contributed by atoms with Crippen molar-refractivity contribution in [1.82, 2.24) is 9.78 Å². The normalized spacial score (nSPS) is 12.6. The fraction of sp³-hybridized carbons (Fsp3) is 0.438. The molecule has 1 heterocycles. The lowest BCUT2D eigenvalue weighted by Crippen LogP contribution is -2.24. The van der Waals surface area contributed by atoms with Crippen molar-refractivity contribution in [3.8, 4) is 0 Å². The van der Waals surface area contributed by atoms with Crippen molar-refractivity contribution in [2.75, 3.05) is 0 Å². The van der Waals surface area contributed by atoms with Gasteiger partial charge in [0, 0.05) is 18.8 Å². The number of nitrogens with zero attached hydrogens (tertiary/aromatic N) is 2. The molecule has 0 aliphatic heterocycles. The highest BCUT2D eigenvalue weighted by Gasteiger charge is 2.13. The third-order valence-electron chi connectivity index (χ3n) is 3.77. The monoisotopic (exact) mass is 257 g/mol. The van der Waals surface area contributed by atoms with Crippen molar-refractivity contribution in [3.05, 3.63) is 52.8 Å². The second kappa shape index (κ2) is 6.02. The van der Waals surface area contributed by atoms with Crippen LogP contribution in [-0.2, 0) is 19.9 Å². The van der Waals surface area contributed by atoms with E-state index in [1.54, 1.807) is 0 Å². The van der Waals surface area contributed by atoms with E-state index < -0.39 is 0 Å². The zero-order chi connectivity index (χ0) is 13.8. The molecule has 1 aromatic heterocycles. The molecule has 0 aliphatic carbocycles. The smallest absolute Gasteiger partial charge is 0.0628 e. The Labute approximate surface area is 115 Å². The summed E-state index contributed by atoms with van der Waals surface area (Å²) in [5, 5.41) is 4.44. The first-order chi connectivity index (χ1) is 9.08. The van der Waals surface area contributed by atoms with Crippen LogP contribution >= 0.6 is 0 Å². The van der Waals surface area contributed by atoms with Crippen LogP contribution < -0.4 is 5.73 Å². The van der Waals surface area contributed by atoms with Gasteiger partial charge < -0.3 is 5.73 Å². The summed E-state index contributed by atoms with van der Waals surface area (Å²) < 4.78 is 1.94. The van der Waals surface area contributed by atoms with Crippen LogP contribution in [0, 0.1) is 13.8 Å². The SMILES string of the molecule is Cc1nn(C)c(C)c1CC(N)CCc1ccccc1.